The summed E-state index contributed by atoms with van der Waals surface area (Å²) in [4.78, 5) is 14.8. The summed E-state index contributed by atoms with van der Waals surface area (Å²) in [7, 11) is 0. The number of likely N-dealkylation sites (N-methyl/N-ethyl adjacent to an activating group) is 1. The highest BCUT2D eigenvalue weighted by molar-refractivity contribution is 6.35. The summed E-state index contributed by atoms with van der Waals surface area (Å²) in [6, 6.07) is 23.1. The number of anilines is 1. The van der Waals surface area contributed by atoms with Crippen molar-refractivity contribution in [3.05, 3.63) is 77.9 Å². The van der Waals surface area contributed by atoms with Gasteiger partial charge >= 0.3 is 0 Å². The molecule has 3 nitrogen and oxygen atoms in total. The van der Waals surface area contributed by atoms with E-state index < -0.39 is 0 Å². The van der Waals surface area contributed by atoms with Crippen LogP contribution < -0.4 is 4.90 Å². The van der Waals surface area contributed by atoms with Gasteiger partial charge in [-0.1, -0.05) is 42.5 Å². The van der Waals surface area contributed by atoms with Gasteiger partial charge in [-0.3, -0.25) is 4.79 Å². The van der Waals surface area contributed by atoms with Crippen molar-refractivity contribution in [1.29, 1.82) is 0 Å². The van der Waals surface area contributed by atoms with Crippen LogP contribution in [0.1, 0.15) is 25.0 Å². The Hall–Kier alpha value is -3.33. The summed E-state index contributed by atoms with van der Waals surface area (Å²) in [5.74, 6) is 0.0831. The van der Waals surface area contributed by atoms with Crippen molar-refractivity contribution in [2.45, 2.75) is 20.4 Å². The Balaban J connectivity index is 1.71. The summed E-state index contributed by atoms with van der Waals surface area (Å²) in [6.45, 7) is 5.80. The highest BCUT2D eigenvalue weighted by Crippen LogP contribution is 2.38. The molecular formula is C25H22N2O. The zero-order valence-corrected chi connectivity index (χ0v) is 16.1. The fourth-order valence-electron chi connectivity index (χ4n) is 4.43. The van der Waals surface area contributed by atoms with Gasteiger partial charge in [-0.15, -0.1) is 0 Å². The van der Waals surface area contributed by atoms with Crippen molar-refractivity contribution in [1.82, 2.24) is 4.57 Å². The first-order valence-electron chi connectivity index (χ1n) is 9.87. The minimum atomic E-state index is 0.0831. The van der Waals surface area contributed by atoms with Gasteiger partial charge in [-0.05, 0) is 49.8 Å². The maximum atomic E-state index is 13.0. The van der Waals surface area contributed by atoms with Gasteiger partial charge in [0.2, 0.25) is 0 Å². The number of aryl methyl sites for hydroxylation is 1. The van der Waals surface area contributed by atoms with E-state index in [4.69, 9.17) is 0 Å². The van der Waals surface area contributed by atoms with Crippen LogP contribution in [0.5, 0.6) is 0 Å². The Kier molecular flexibility index (Phi) is 3.83. The minimum Gasteiger partial charge on any atom is -0.341 e. The van der Waals surface area contributed by atoms with Crippen LogP contribution in [0.15, 0.2) is 66.7 Å². The van der Waals surface area contributed by atoms with Crippen LogP contribution in [0, 0.1) is 0 Å². The first kappa shape index (κ1) is 16.8. The summed E-state index contributed by atoms with van der Waals surface area (Å²) in [6.07, 6.45) is 2.04. The smallest absolute Gasteiger partial charge is 0.258 e. The second kappa shape index (κ2) is 6.38. The molecule has 0 saturated heterocycles. The Labute approximate surface area is 164 Å². The van der Waals surface area contributed by atoms with Crippen LogP contribution in [-0.4, -0.2) is 17.0 Å². The third kappa shape index (κ3) is 2.32. The first-order chi connectivity index (χ1) is 13.7. The maximum Gasteiger partial charge on any atom is 0.258 e. The summed E-state index contributed by atoms with van der Waals surface area (Å²) >= 11 is 0. The number of carbonyl (C=O) groups is 1. The number of para-hydroxylation sites is 2. The van der Waals surface area contributed by atoms with Crippen LogP contribution in [-0.2, 0) is 11.3 Å². The lowest BCUT2D eigenvalue weighted by molar-refractivity contribution is -0.112. The predicted octanol–water partition coefficient (Wildman–Crippen LogP) is 5.72. The molecule has 3 heteroatoms. The second-order valence-corrected chi connectivity index (χ2v) is 7.16. The molecule has 2 heterocycles. The van der Waals surface area contributed by atoms with E-state index in [9.17, 15) is 4.79 Å². The fraction of sp³-hybridized carbons (Fsp3) is 0.160. The summed E-state index contributed by atoms with van der Waals surface area (Å²) in [5, 5.41) is 2.49. The molecule has 5 rings (SSSR count). The molecule has 0 aliphatic carbocycles. The van der Waals surface area contributed by atoms with Crippen LogP contribution in [0.3, 0.4) is 0 Å². The third-order valence-corrected chi connectivity index (χ3v) is 5.70. The molecule has 0 radical (unpaired) electrons. The number of hydrogen-bond acceptors (Lipinski definition) is 1. The molecule has 3 aromatic carbocycles. The second-order valence-electron chi connectivity index (χ2n) is 7.16. The van der Waals surface area contributed by atoms with Crippen molar-refractivity contribution < 1.29 is 4.79 Å². The van der Waals surface area contributed by atoms with Gasteiger partial charge in [0.1, 0.15) is 0 Å². The van der Waals surface area contributed by atoms with Crippen LogP contribution in [0.25, 0.3) is 33.5 Å². The molecule has 0 saturated carbocycles. The van der Waals surface area contributed by atoms with Gasteiger partial charge in [-0.2, -0.15) is 0 Å². The SMILES string of the molecule is CCN1C(=O)C(=Cc2ccc3c(c2)c2ccccc2n3CC)c2ccccc21. The van der Waals surface area contributed by atoms with E-state index in [2.05, 4.69) is 54.0 Å². The largest absolute Gasteiger partial charge is 0.341 e. The fourth-order valence-corrected chi connectivity index (χ4v) is 4.43. The maximum absolute atomic E-state index is 13.0. The van der Waals surface area contributed by atoms with Crippen LogP contribution >= 0.6 is 0 Å². The van der Waals surface area contributed by atoms with Gasteiger partial charge in [0.15, 0.2) is 0 Å². The number of benzene rings is 3. The molecule has 0 atom stereocenters. The summed E-state index contributed by atoms with van der Waals surface area (Å²) in [5.41, 5.74) is 6.34. The average molecular weight is 366 g/mol. The summed E-state index contributed by atoms with van der Waals surface area (Å²) < 4.78 is 2.34. The van der Waals surface area contributed by atoms with Crippen molar-refractivity contribution in [3.63, 3.8) is 0 Å². The van der Waals surface area contributed by atoms with Gasteiger partial charge in [-0.25, -0.2) is 0 Å². The van der Waals surface area contributed by atoms with Crippen molar-refractivity contribution in [2.75, 3.05) is 11.4 Å². The van der Waals surface area contributed by atoms with Gasteiger partial charge < -0.3 is 9.47 Å². The van der Waals surface area contributed by atoms with Gasteiger partial charge in [0.25, 0.3) is 5.91 Å². The molecule has 4 aromatic rings. The molecule has 1 aliphatic rings. The van der Waals surface area contributed by atoms with E-state index in [-0.39, 0.29) is 5.91 Å². The Morgan fingerprint density at radius 1 is 0.821 bits per heavy atom. The highest BCUT2D eigenvalue weighted by Gasteiger charge is 2.30. The van der Waals surface area contributed by atoms with E-state index >= 15 is 0 Å². The van der Waals surface area contributed by atoms with Crippen LogP contribution in [0.4, 0.5) is 5.69 Å². The molecule has 0 spiro atoms. The van der Waals surface area contributed by atoms with E-state index in [1.807, 2.05) is 42.2 Å². The molecule has 0 bridgehead atoms. The molecule has 28 heavy (non-hydrogen) atoms. The minimum absolute atomic E-state index is 0.0831. The molecule has 1 aromatic heterocycles. The molecule has 0 fully saturated rings. The quantitative estimate of drug-likeness (QED) is 0.426. The van der Waals surface area contributed by atoms with E-state index in [1.54, 1.807) is 0 Å². The number of hydrogen-bond donors (Lipinski definition) is 0. The number of aromatic nitrogens is 1. The van der Waals surface area contributed by atoms with E-state index in [0.29, 0.717) is 6.54 Å². The molecule has 138 valence electrons. The molecule has 1 amide bonds. The average Bonchev–Trinajstić information content (AvgIpc) is 3.19. The molecule has 0 N–H and O–H groups in total. The normalized spacial score (nSPS) is 15.1. The topological polar surface area (TPSA) is 25.2 Å². The van der Waals surface area contributed by atoms with Gasteiger partial charge in [0, 0.05) is 46.0 Å². The Bertz CT molecular complexity index is 1260. The van der Waals surface area contributed by atoms with Crippen molar-refractivity contribution in [3.8, 4) is 0 Å². The van der Waals surface area contributed by atoms with Crippen molar-refractivity contribution >= 4 is 45.0 Å². The lowest BCUT2D eigenvalue weighted by atomic mass is 10.0. The number of nitrogens with zero attached hydrogens (tertiary/aromatic N) is 2. The Morgan fingerprint density at radius 2 is 1.57 bits per heavy atom. The number of fused-ring (bicyclic) bond motifs is 4. The molecule has 0 unspecified atom stereocenters. The lowest BCUT2D eigenvalue weighted by Gasteiger charge is -2.13. The van der Waals surface area contributed by atoms with E-state index in [1.165, 1.54) is 21.8 Å². The first-order valence-corrected chi connectivity index (χ1v) is 9.87. The lowest BCUT2D eigenvalue weighted by Crippen LogP contribution is -2.25. The molecule has 1 aliphatic heterocycles. The third-order valence-electron chi connectivity index (χ3n) is 5.70. The Morgan fingerprint density at radius 3 is 2.39 bits per heavy atom. The van der Waals surface area contributed by atoms with Gasteiger partial charge in [0.05, 0.1) is 5.69 Å². The predicted molar refractivity (Wildman–Crippen MR) is 117 cm³/mol. The van der Waals surface area contributed by atoms with E-state index in [0.717, 1.165) is 28.9 Å². The van der Waals surface area contributed by atoms with Crippen molar-refractivity contribution in [2.24, 2.45) is 0 Å². The highest BCUT2D eigenvalue weighted by atomic mass is 16.2. The number of carbonyl (C=O) groups excluding carboxylic acids is 1. The standard InChI is InChI=1S/C25H22N2O/c1-3-26-22-11-7-5-9-18(22)20-15-17(13-14-24(20)26)16-21-19-10-6-8-12-23(19)27(4-2)25(21)28/h5-16H,3-4H2,1-2H3. The van der Waals surface area contributed by atoms with Crippen LogP contribution in [0.2, 0.25) is 0 Å². The monoisotopic (exact) mass is 366 g/mol. The number of amides is 1. The zero-order valence-electron chi connectivity index (χ0n) is 16.1. The zero-order chi connectivity index (χ0) is 19.3. The molecular weight excluding hydrogens is 344 g/mol. The number of rotatable bonds is 3.